The molecular formula is C23H31NS. The maximum absolute atomic E-state index is 3.61. The van der Waals surface area contributed by atoms with E-state index in [1.54, 1.807) is 0 Å². The summed E-state index contributed by atoms with van der Waals surface area (Å²) in [6, 6.07) is 21.7. The molecule has 134 valence electrons. The second-order valence-corrected chi connectivity index (χ2v) is 11.5. The first-order chi connectivity index (χ1) is 11.8. The molecule has 2 aromatic carbocycles. The standard InChI is InChI=1S/C23H31NS/c1-20(2)23(16-17-25(3,4)5)24(18-21-12-8-6-9-13-21)19-22-14-10-7-11-15-22/h6-15,20,23H,18-19H2,1-5H3/t23-/m0/s1. The number of rotatable bonds is 6. The molecule has 0 aliphatic carbocycles. The normalized spacial score (nSPS) is 13.4. The molecule has 2 aromatic rings. The largest absolute Gasteiger partial charge is 0.281 e. The molecule has 0 aliphatic rings. The lowest BCUT2D eigenvalue weighted by molar-refractivity contribution is 0.179. The van der Waals surface area contributed by atoms with Gasteiger partial charge in [0.15, 0.2) is 0 Å². The second-order valence-electron chi connectivity index (χ2n) is 7.65. The highest BCUT2D eigenvalue weighted by Crippen LogP contribution is 2.32. The summed E-state index contributed by atoms with van der Waals surface area (Å²) in [5, 5.41) is 3.55. The Kier molecular flexibility index (Phi) is 7.17. The lowest BCUT2D eigenvalue weighted by atomic mass is 10.0. The third-order valence-electron chi connectivity index (χ3n) is 3.99. The van der Waals surface area contributed by atoms with E-state index in [1.165, 1.54) is 11.1 Å². The minimum atomic E-state index is -0.820. The Hall–Kier alpha value is -1.69. The molecule has 0 radical (unpaired) electrons. The molecule has 0 fully saturated rings. The second kappa shape index (κ2) is 9.13. The Labute approximate surface area is 155 Å². The van der Waals surface area contributed by atoms with Crippen LogP contribution in [0.25, 0.3) is 0 Å². The van der Waals surface area contributed by atoms with E-state index in [1.807, 2.05) is 0 Å². The average Bonchev–Trinajstić information content (AvgIpc) is 2.55. The van der Waals surface area contributed by atoms with Crippen molar-refractivity contribution in [2.24, 2.45) is 5.92 Å². The molecule has 0 aromatic heterocycles. The SMILES string of the molecule is CC(C)[C@H](C#CS(C)(C)C)N(Cc1ccccc1)Cc1ccccc1. The zero-order chi connectivity index (χ0) is 18.3. The van der Waals surface area contributed by atoms with Crippen LogP contribution in [-0.2, 0) is 13.1 Å². The van der Waals surface area contributed by atoms with Gasteiger partial charge in [0.1, 0.15) is 0 Å². The van der Waals surface area contributed by atoms with Gasteiger partial charge in [0.05, 0.1) is 6.04 Å². The number of benzene rings is 2. The van der Waals surface area contributed by atoms with Crippen LogP contribution in [0.5, 0.6) is 0 Å². The average molecular weight is 354 g/mol. The van der Waals surface area contributed by atoms with Crippen molar-refractivity contribution in [1.29, 1.82) is 0 Å². The van der Waals surface area contributed by atoms with Gasteiger partial charge in [0.2, 0.25) is 0 Å². The van der Waals surface area contributed by atoms with E-state index in [4.69, 9.17) is 0 Å². The molecule has 0 unspecified atom stereocenters. The predicted molar refractivity (Wildman–Crippen MR) is 114 cm³/mol. The summed E-state index contributed by atoms with van der Waals surface area (Å²) in [5.74, 6) is 4.10. The Morgan fingerprint density at radius 1 is 0.800 bits per heavy atom. The molecule has 0 spiro atoms. The lowest BCUT2D eigenvalue weighted by Crippen LogP contribution is -2.37. The molecule has 0 amide bonds. The van der Waals surface area contributed by atoms with E-state index >= 15 is 0 Å². The molecule has 0 heterocycles. The Balaban J connectivity index is 2.31. The topological polar surface area (TPSA) is 3.24 Å². The Bertz CT molecular complexity index is 648. The van der Waals surface area contributed by atoms with Crippen LogP contribution in [0.3, 0.4) is 0 Å². The first-order valence-electron chi connectivity index (χ1n) is 8.87. The first kappa shape index (κ1) is 19.6. The van der Waals surface area contributed by atoms with E-state index in [0.717, 1.165) is 13.1 Å². The summed E-state index contributed by atoms with van der Waals surface area (Å²) in [4.78, 5) is 2.52. The highest BCUT2D eigenvalue weighted by atomic mass is 32.3. The molecule has 2 rings (SSSR count). The van der Waals surface area contributed by atoms with Crippen LogP contribution in [0.4, 0.5) is 0 Å². The van der Waals surface area contributed by atoms with Gasteiger partial charge < -0.3 is 0 Å². The van der Waals surface area contributed by atoms with E-state index < -0.39 is 10.0 Å². The van der Waals surface area contributed by atoms with Crippen LogP contribution in [-0.4, -0.2) is 29.7 Å². The number of nitrogens with zero attached hydrogens (tertiary/aromatic N) is 1. The van der Waals surface area contributed by atoms with Gasteiger partial charge in [-0.05, 0) is 35.8 Å². The summed E-state index contributed by atoms with van der Waals surface area (Å²) in [5.41, 5.74) is 2.68. The smallest absolute Gasteiger partial charge is 0.0752 e. The van der Waals surface area contributed by atoms with Gasteiger partial charge in [-0.2, -0.15) is 10.0 Å². The third kappa shape index (κ3) is 6.98. The Morgan fingerprint density at radius 2 is 1.24 bits per heavy atom. The van der Waals surface area contributed by atoms with Gasteiger partial charge in [-0.25, -0.2) is 0 Å². The van der Waals surface area contributed by atoms with Crippen molar-refractivity contribution in [3.05, 3.63) is 71.8 Å². The van der Waals surface area contributed by atoms with Crippen molar-refractivity contribution in [2.75, 3.05) is 18.8 Å². The number of hydrogen-bond acceptors (Lipinski definition) is 1. The van der Waals surface area contributed by atoms with Crippen LogP contribution in [0, 0.1) is 17.1 Å². The molecule has 0 saturated heterocycles. The van der Waals surface area contributed by atoms with Crippen LogP contribution in [0.15, 0.2) is 60.7 Å². The van der Waals surface area contributed by atoms with E-state index in [0.29, 0.717) is 5.92 Å². The molecule has 0 bridgehead atoms. The molecule has 1 atom stereocenters. The molecular weight excluding hydrogens is 322 g/mol. The molecule has 2 heteroatoms. The fourth-order valence-corrected chi connectivity index (χ4v) is 3.28. The van der Waals surface area contributed by atoms with Crippen LogP contribution < -0.4 is 0 Å². The van der Waals surface area contributed by atoms with Gasteiger partial charge in [0, 0.05) is 13.1 Å². The molecule has 25 heavy (non-hydrogen) atoms. The van der Waals surface area contributed by atoms with Crippen molar-refractivity contribution >= 4 is 10.0 Å². The summed E-state index contributed by atoms with van der Waals surface area (Å²) in [6.07, 6.45) is 6.78. The van der Waals surface area contributed by atoms with Crippen LogP contribution >= 0.6 is 10.0 Å². The van der Waals surface area contributed by atoms with Gasteiger partial charge in [0.25, 0.3) is 0 Å². The molecule has 1 nitrogen and oxygen atoms in total. The van der Waals surface area contributed by atoms with Crippen LogP contribution in [0.2, 0.25) is 0 Å². The monoisotopic (exact) mass is 353 g/mol. The Morgan fingerprint density at radius 3 is 1.60 bits per heavy atom. The minimum Gasteiger partial charge on any atom is -0.281 e. The fourth-order valence-electron chi connectivity index (χ4n) is 2.81. The third-order valence-corrected chi connectivity index (χ3v) is 4.73. The van der Waals surface area contributed by atoms with Crippen molar-refractivity contribution in [1.82, 2.24) is 4.90 Å². The quantitative estimate of drug-likeness (QED) is 0.631. The van der Waals surface area contributed by atoms with Crippen molar-refractivity contribution in [3.8, 4) is 11.2 Å². The van der Waals surface area contributed by atoms with Gasteiger partial charge in [-0.15, -0.1) is 0 Å². The lowest BCUT2D eigenvalue weighted by Gasteiger charge is -2.31. The van der Waals surface area contributed by atoms with E-state index in [-0.39, 0.29) is 6.04 Å². The van der Waals surface area contributed by atoms with E-state index in [9.17, 15) is 0 Å². The highest BCUT2D eigenvalue weighted by molar-refractivity contribution is 8.35. The first-order valence-corrected chi connectivity index (χ1v) is 11.7. The summed E-state index contributed by atoms with van der Waals surface area (Å²) in [6.45, 7) is 6.40. The molecule has 0 saturated carbocycles. The summed E-state index contributed by atoms with van der Waals surface area (Å²) >= 11 is 0. The molecule has 0 aliphatic heterocycles. The zero-order valence-electron chi connectivity index (χ0n) is 16.2. The van der Waals surface area contributed by atoms with Gasteiger partial charge >= 0.3 is 0 Å². The zero-order valence-corrected chi connectivity index (χ0v) is 17.0. The summed E-state index contributed by atoms with van der Waals surface area (Å²) < 4.78 is 0. The van der Waals surface area contributed by atoms with Gasteiger partial charge in [-0.3, -0.25) is 4.90 Å². The maximum Gasteiger partial charge on any atom is 0.0752 e. The molecule has 0 N–H and O–H groups in total. The van der Waals surface area contributed by atoms with E-state index in [2.05, 4.69) is 109 Å². The highest BCUT2D eigenvalue weighted by Gasteiger charge is 2.21. The minimum absolute atomic E-state index is 0.257. The fraction of sp³-hybridized carbons (Fsp3) is 0.391. The van der Waals surface area contributed by atoms with Crippen LogP contribution in [0.1, 0.15) is 25.0 Å². The maximum atomic E-state index is 3.61. The summed E-state index contributed by atoms with van der Waals surface area (Å²) in [7, 11) is -0.820. The predicted octanol–water partition coefficient (Wildman–Crippen LogP) is 5.37. The van der Waals surface area contributed by atoms with Crippen molar-refractivity contribution in [2.45, 2.75) is 33.0 Å². The van der Waals surface area contributed by atoms with Crippen molar-refractivity contribution in [3.63, 3.8) is 0 Å². The van der Waals surface area contributed by atoms with Gasteiger partial charge in [-0.1, -0.05) is 85.7 Å². The number of hydrogen-bond donors (Lipinski definition) is 0. The van der Waals surface area contributed by atoms with Crippen molar-refractivity contribution < 1.29 is 0 Å².